The number of hydrogen-bond acceptors (Lipinski definition) is 4. The topological polar surface area (TPSA) is 56.8 Å². The van der Waals surface area contributed by atoms with Crippen LogP contribution in [0, 0.1) is 0 Å². The van der Waals surface area contributed by atoms with E-state index in [9.17, 15) is 4.79 Å². The summed E-state index contributed by atoms with van der Waals surface area (Å²) in [5.74, 6) is 2.02. The molecule has 0 aromatic heterocycles. The van der Waals surface area contributed by atoms with Crippen molar-refractivity contribution in [1.82, 2.24) is 5.32 Å². The third-order valence-electron chi connectivity index (χ3n) is 5.39. The Morgan fingerprint density at radius 1 is 1.13 bits per heavy atom. The summed E-state index contributed by atoms with van der Waals surface area (Å²) < 4.78 is 17.3. The second-order valence-corrected chi connectivity index (χ2v) is 9.57. The zero-order valence-electron chi connectivity index (χ0n) is 19.0. The lowest BCUT2D eigenvalue weighted by Crippen LogP contribution is -2.44. The van der Waals surface area contributed by atoms with Crippen LogP contribution in [0.3, 0.4) is 0 Å². The van der Waals surface area contributed by atoms with Crippen molar-refractivity contribution in [3.05, 3.63) is 53.6 Å². The zero-order valence-corrected chi connectivity index (χ0v) is 19.0. The van der Waals surface area contributed by atoms with Crippen molar-refractivity contribution in [2.24, 2.45) is 0 Å². The van der Waals surface area contributed by atoms with Gasteiger partial charge in [0.05, 0.1) is 13.2 Å². The van der Waals surface area contributed by atoms with Crippen LogP contribution in [0.25, 0.3) is 0 Å². The summed E-state index contributed by atoms with van der Waals surface area (Å²) in [6.07, 6.45) is 0.0387. The predicted octanol–water partition coefficient (Wildman–Crippen LogP) is 5.18. The lowest BCUT2D eigenvalue weighted by atomic mass is 9.87. The van der Waals surface area contributed by atoms with E-state index in [-0.39, 0.29) is 23.0 Å². The first-order valence-corrected chi connectivity index (χ1v) is 10.4. The van der Waals surface area contributed by atoms with Crippen LogP contribution in [-0.2, 0) is 10.2 Å². The van der Waals surface area contributed by atoms with Gasteiger partial charge in [0.15, 0.2) is 6.10 Å². The van der Waals surface area contributed by atoms with Gasteiger partial charge >= 0.3 is 0 Å². The van der Waals surface area contributed by atoms with Crippen molar-refractivity contribution >= 4 is 5.91 Å². The molecule has 1 heterocycles. The number of methoxy groups -OCH3 is 1. The third-order valence-corrected chi connectivity index (χ3v) is 5.39. The molecule has 0 fully saturated rings. The Morgan fingerprint density at radius 2 is 1.77 bits per heavy atom. The Hall–Kier alpha value is -2.69. The van der Waals surface area contributed by atoms with Crippen LogP contribution in [0.1, 0.15) is 65.1 Å². The first-order chi connectivity index (χ1) is 14.0. The maximum atomic E-state index is 12.9. The van der Waals surface area contributed by atoms with Crippen molar-refractivity contribution < 1.29 is 19.0 Å². The average Bonchev–Trinajstić information content (AvgIpc) is 2.66. The molecule has 0 aliphatic carbocycles. The molecule has 1 aliphatic rings. The minimum atomic E-state index is -0.620. The van der Waals surface area contributed by atoms with E-state index in [1.807, 2.05) is 56.3 Å². The Labute approximate surface area is 179 Å². The zero-order chi connectivity index (χ0) is 22.1. The highest BCUT2D eigenvalue weighted by Crippen LogP contribution is 2.41. The Kier molecular flexibility index (Phi) is 6.02. The first kappa shape index (κ1) is 22.0. The van der Waals surface area contributed by atoms with Crippen LogP contribution < -0.4 is 19.5 Å². The van der Waals surface area contributed by atoms with E-state index >= 15 is 0 Å². The summed E-state index contributed by atoms with van der Waals surface area (Å²) in [5, 5.41) is 3.14. The SMILES string of the molecule is COc1ccc2c(c1)C(NC(=O)C(C)Oc1ccc(C(C)(C)C)cc1)CC(C)(C)O2. The summed E-state index contributed by atoms with van der Waals surface area (Å²) in [6, 6.07) is 13.4. The normalized spacial score (nSPS) is 18.6. The maximum Gasteiger partial charge on any atom is 0.261 e. The second-order valence-electron chi connectivity index (χ2n) is 9.57. The van der Waals surface area contributed by atoms with Gasteiger partial charge < -0.3 is 19.5 Å². The molecule has 30 heavy (non-hydrogen) atoms. The summed E-state index contributed by atoms with van der Waals surface area (Å²) in [4.78, 5) is 12.9. The number of rotatable bonds is 5. The molecule has 5 heteroatoms. The van der Waals surface area contributed by atoms with Gasteiger partial charge in [0.2, 0.25) is 0 Å². The molecule has 2 unspecified atom stereocenters. The van der Waals surface area contributed by atoms with Gasteiger partial charge in [-0.3, -0.25) is 4.79 Å². The summed E-state index contributed by atoms with van der Waals surface area (Å²) in [6.45, 7) is 12.3. The lowest BCUT2D eigenvalue weighted by Gasteiger charge is -2.38. The van der Waals surface area contributed by atoms with E-state index in [0.29, 0.717) is 12.2 Å². The summed E-state index contributed by atoms with van der Waals surface area (Å²) in [7, 11) is 1.63. The quantitative estimate of drug-likeness (QED) is 0.737. The minimum Gasteiger partial charge on any atom is -0.497 e. The maximum absolute atomic E-state index is 12.9. The number of hydrogen-bond donors (Lipinski definition) is 1. The van der Waals surface area contributed by atoms with Crippen molar-refractivity contribution in [3.8, 4) is 17.2 Å². The number of nitrogens with one attached hydrogen (secondary N) is 1. The summed E-state index contributed by atoms with van der Waals surface area (Å²) >= 11 is 0. The predicted molar refractivity (Wildman–Crippen MR) is 118 cm³/mol. The van der Waals surface area contributed by atoms with Crippen LogP contribution in [0.15, 0.2) is 42.5 Å². The van der Waals surface area contributed by atoms with Crippen LogP contribution in [-0.4, -0.2) is 24.7 Å². The molecular weight excluding hydrogens is 378 g/mol. The fourth-order valence-corrected chi connectivity index (χ4v) is 3.67. The minimum absolute atomic E-state index is 0.0752. The lowest BCUT2D eigenvalue weighted by molar-refractivity contribution is -0.128. The van der Waals surface area contributed by atoms with Crippen molar-refractivity contribution in [1.29, 1.82) is 0 Å². The molecule has 3 rings (SSSR count). The highest BCUT2D eigenvalue weighted by Gasteiger charge is 2.35. The molecule has 162 valence electrons. The fraction of sp³-hybridized carbons (Fsp3) is 0.480. The molecule has 2 aromatic rings. The highest BCUT2D eigenvalue weighted by atomic mass is 16.5. The van der Waals surface area contributed by atoms with Gasteiger partial charge in [-0.2, -0.15) is 0 Å². The van der Waals surface area contributed by atoms with E-state index in [1.54, 1.807) is 14.0 Å². The number of carbonyl (C=O) groups excluding carboxylic acids is 1. The molecule has 5 nitrogen and oxygen atoms in total. The van der Waals surface area contributed by atoms with Crippen LogP contribution >= 0.6 is 0 Å². The molecule has 2 atom stereocenters. The van der Waals surface area contributed by atoms with E-state index in [2.05, 4.69) is 26.1 Å². The molecule has 2 aromatic carbocycles. The third kappa shape index (κ3) is 5.07. The average molecular weight is 412 g/mol. The van der Waals surface area contributed by atoms with E-state index < -0.39 is 6.10 Å². The molecule has 0 radical (unpaired) electrons. The molecule has 0 saturated carbocycles. The number of fused-ring (bicyclic) bond motifs is 1. The van der Waals surface area contributed by atoms with Gasteiger partial charge in [-0.1, -0.05) is 32.9 Å². The first-order valence-electron chi connectivity index (χ1n) is 10.4. The van der Waals surface area contributed by atoms with Crippen molar-refractivity contribution in [2.75, 3.05) is 7.11 Å². The standard InChI is InChI=1S/C25H33NO4/c1-16(29-18-10-8-17(9-11-18)24(2,3)4)23(27)26-21-15-25(5,6)30-22-13-12-19(28-7)14-20(21)22/h8-14,16,21H,15H2,1-7H3,(H,26,27). The molecular formula is C25H33NO4. The molecule has 0 spiro atoms. The highest BCUT2D eigenvalue weighted by molar-refractivity contribution is 5.81. The van der Waals surface area contributed by atoms with Crippen LogP contribution in [0.2, 0.25) is 0 Å². The van der Waals surface area contributed by atoms with Crippen LogP contribution in [0.4, 0.5) is 0 Å². The Bertz CT molecular complexity index is 896. The largest absolute Gasteiger partial charge is 0.497 e. The number of carbonyl (C=O) groups is 1. The van der Waals surface area contributed by atoms with Gasteiger partial charge in [0.1, 0.15) is 22.8 Å². The Balaban J connectivity index is 1.72. The monoisotopic (exact) mass is 411 g/mol. The van der Waals surface area contributed by atoms with Gasteiger partial charge in [0, 0.05) is 12.0 Å². The number of amides is 1. The summed E-state index contributed by atoms with van der Waals surface area (Å²) in [5.41, 5.74) is 1.84. The fourth-order valence-electron chi connectivity index (χ4n) is 3.67. The molecule has 0 bridgehead atoms. The van der Waals surface area contributed by atoms with Gasteiger partial charge in [0.25, 0.3) is 5.91 Å². The van der Waals surface area contributed by atoms with Crippen molar-refractivity contribution in [3.63, 3.8) is 0 Å². The Morgan fingerprint density at radius 3 is 2.37 bits per heavy atom. The molecule has 1 N–H and O–H groups in total. The van der Waals surface area contributed by atoms with Gasteiger partial charge in [-0.05, 0) is 62.1 Å². The molecule has 0 saturated heterocycles. The van der Waals surface area contributed by atoms with Gasteiger partial charge in [-0.25, -0.2) is 0 Å². The van der Waals surface area contributed by atoms with Crippen molar-refractivity contribution in [2.45, 2.75) is 71.1 Å². The number of ether oxygens (including phenoxy) is 3. The molecule has 1 amide bonds. The number of benzene rings is 2. The second kappa shape index (κ2) is 8.21. The van der Waals surface area contributed by atoms with E-state index in [0.717, 1.165) is 17.1 Å². The van der Waals surface area contributed by atoms with Gasteiger partial charge in [-0.15, -0.1) is 0 Å². The smallest absolute Gasteiger partial charge is 0.261 e. The van der Waals surface area contributed by atoms with E-state index in [4.69, 9.17) is 14.2 Å². The van der Waals surface area contributed by atoms with E-state index in [1.165, 1.54) is 5.56 Å². The molecule has 1 aliphatic heterocycles. The van der Waals surface area contributed by atoms with Crippen LogP contribution in [0.5, 0.6) is 17.2 Å².